The highest BCUT2D eigenvalue weighted by Gasteiger charge is 2.11. The molecular formula is C19H14N4O3. The molecule has 3 rings (SSSR count). The lowest BCUT2D eigenvalue weighted by molar-refractivity contribution is -0.119. The van der Waals surface area contributed by atoms with E-state index in [1.807, 2.05) is 0 Å². The Morgan fingerprint density at radius 3 is 2.50 bits per heavy atom. The molecule has 0 bridgehead atoms. The molecule has 0 aliphatic carbocycles. The minimum absolute atomic E-state index is 0.298. The number of aromatic nitrogens is 2. The van der Waals surface area contributed by atoms with Crippen LogP contribution >= 0.6 is 0 Å². The summed E-state index contributed by atoms with van der Waals surface area (Å²) in [4.78, 5) is 32.2. The summed E-state index contributed by atoms with van der Waals surface area (Å²) in [5, 5.41) is 11.3. The number of anilines is 1. The number of ether oxygens (including phenoxy) is 1. The molecule has 1 heterocycles. The van der Waals surface area contributed by atoms with Crippen molar-refractivity contribution in [3.8, 4) is 6.07 Å². The lowest BCUT2D eigenvalue weighted by atomic mass is 10.1. The van der Waals surface area contributed by atoms with Gasteiger partial charge in [-0.15, -0.1) is 0 Å². The summed E-state index contributed by atoms with van der Waals surface area (Å²) < 4.78 is 5.03. The van der Waals surface area contributed by atoms with Gasteiger partial charge in [-0.1, -0.05) is 12.1 Å². The second-order valence-corrected chi connectivity index (χ2v) is 5.42. The molecule has 3 aromatic rings. The summed E-state index contributed by atoms with van der Waals surface area (Å²) in [6.07, 6.45) is 3.41. The second-order valence-electron chi connectivity index (χ2n) is 5.42. The fourth-order valence-electron chi connectivity index (χ4n) is 2.30. The highest BCUT2D eigenvalue weighted by molar-refractivity contribution is 5.97. The van der Waals surface area contributed by atoms with Gasteiger partial charge in [-0.2, -0.15) is 5.26 Å². The summed E-state index contributed by atoms with van der Waals surface area (Å²) in [6.45, 7) is -0.405. The van der Waals surface area contributed by atoms with Crippen LogP contribution in [0.15, 0.2) is 54.9 Å². The van der Waals surface area contributed by atoms with Crippen molar-refractivity contribution in [2.75, 3.05) is 11.9 Å². The lowest BCUT2D eigenvalue weighted by Gasteiger charge is -2.07. The molecule has 1 amide bonds. The summed E-state index contributed by atoms with van der Waals surface area (Å²) in [5.41, 5.74) is 2.96. The number of hydrogen-bond acceptors (Lipinski definition) is 6. The number of rotatable bonds is 5. The Balaban J connectivity index is 1.56. The number of nitrogens with one attached hydrogen (secondary N) is 1. The van der Waals surface area contributed by atoms with Gasteiger partial charge in [0.2, 0.25) is 0 Å². The monoisotopic (exact) mass is 346 g/mol. The minimum atomic E-state index is -0.614. The second kappa shape index (κ2) is 7.85. The number of carbonyl (C=O) groups is 2. The van der Waals surface area contributed by atoms with Crippen LogP contribution in [0.2, 0.25) is 0 Å². The van der Waals surface area contributed by atoms with Gasteiger partial charge in [-0.05, 0) is 35.9 Å². The van der Waals surface area contributed by atoms with E-state index in [9.17, 15) is 9.59 Å². The zero-order valence-corrected chi connectivity index (χ0v) is 13.7. The van der Waals surface area contributed by atoms with E-state index in [0.717, 1.165) is 5.56 Å². The van der Waals surface area contributed by atoms with Crippen molar-refractivity contribution >= 4 is 28.6 Å². The zero-order valence-electron chi connectivity index (χ0n) is 13.7. The van der Waals surface area contributed by atoms with Crippen LogP contribution in [0.4, 0.5) is 5.69 Å². The van der Waals surface area contributed by atoms with E-state index in [1.54, 1.807) is 48.7 Å². The van der Waals surface area contributed by atoms with E-state index in [2.05, 4.69) is 21.4 Å². The first kappa shape index (κ1) is 17.0. The molecule has 0 saturated heterocycles. The third kappa shape index (κ3) is 4.19. The van der Waals surface area contributed by atoms with Crippen LogP contribution in [-0.4, -0.2) is 28.5 Å². The average Bonchev–Trinajstić information content (AvgIpc) is 2.67. The number of fused-ring (bicyclic) bond motifs is 1. The molecule has 0 aliphatic rings. The van der Waals surface area contributed by atoms with Gasteiger partial charge >= 0.3 is 5.97 Å². The van der Waals surface area contributed by atoms with Gasteiger partial charge in [0.25, 0.3) is 5.91 Å². The molecule has 0 unspecified atom stereocenters. The van der Waals surface area contributed by atoms with Gasteiger partial charge < -0.3 is 10.1 Å². The summed E-state index contributed by atoms with van der Waals surface area (Å²) in [5.74, 6) is -1.07. The quantitative estimate of drug-likeness (QED) is 0.712. The first-order chi connectivity index (χ1) is 12.7. The van der Waals surface area contributed by atoms with Crippen LogP contribution in [0.3, 0.4) is 0 Å². The molecule has 1 aromatic heterocycles. The van der Waals surface area contributed by atoms with E-state index in [4.69, 9.17) is 10.00 Å². The van der Waals surface area contributed by atoms with E-state index < -0.39 is 18.5 Å². The number of nitriles is 1. The van der Waals surface area contributed by atoms with E-state index in [1.165, 1.54) is 6.20 Å². The van der Waals surface area contributed by atoms with Crippen molar-refractivity contribution in [1.82, 2.24) is 9.97 Å². The molecule has 0 atom stereocenters. The molecule has 26 heavy (non-hydrogen) atoms. The van der Waals surface area contributed by atoms with Crippen LogP contribution in [0.25, 0.3) is 11.0 Å². The Bertz CT molecular complexity index is 994. The lowest BCUT2D eigenvalue weighted by Crippen LogP contribution is -2.20. The van der Waals surface area contributed by atoms with Gasteiger partial charge in [-0.3, -0.25) is 14.8 Å². The van der Waals surface area contributed by atoms with E-state index >= 15 is 0 Å². The minimum Gasteiger partial charge on any atom is -0.452 e. The van der Waals surface area contributed by atoms with E-state index in [0.29, 0.717) is 28.7 Å². The van der Waals surface area contributed by atoms with Gasteiger partial charge in [-0.25, -0.2) is 4.79 Å². The van der Waals surface area contributed by atoms with Gasteiger partial charge in [0.15, 0.2) is 6.61 Å². The molecule has 128 valence electrons. The number of benzene rings is 2. The maximum absolute atomic E-state index is 12.1. The predicted octanol–water partition coefficient (Wildman–Crippen LogP) is 2.49. The average molecular weight is 346 g/mol. The van der Waals surface area contributed by atoms with Crippen molar-refractivity contribution in [2.45, 2.75) is 6.42 Å². The Hall–Kier alpha value is -3.79. The molecule has 2 aromatic carbocycles. The fourth-order valence-corrected chi connectivity index (χ4v) is 2.30. The summed E-state index contributed by atoms with van der Waals surface area (Å²) >= 11 is 0. The highest BCUT2D eigenvalue weighted by Crippen LogP contribution is 2.12. The Morgan fingerprint density at radius 1 is 1.04 bits per heavy atom. The maximum atomic E-state index is 12.1. The molecule has 0 spiro atoms. The van der Waals surface area contributed by atoms with Crippen molar-refractivity contribution in [3.63, 3.8) is 0 Å². The van der Waals surface area contributed by atoms with Crippen LogP contribution in [0.1, 0.15) is 15.9 Å². The zero-order chi connectivity index (χ0) is 18.4. The van der Waals surface area contributed by atoms with Gasteiger partial charge in [0.1, 0.15) is 0 Å². The number of hydrogen-bond donors (Lipinski definition) is 1. The maximum Gasteiger partial charge on any atom is 0.338 e. The Labute approximate surface area is 149 Å². The first-order valence-corrected chi connectivity index (χ1v) is 7.79. The van der Waals surface area contributed by atoms with Crippen molar-refractivity contribution in [3.05, 3.63) is 66.0 Å². The Kier molecular flexibility index (Phi) is 5.15. The van der Waals surface area contributed by atoms with Crippen LogP contribution in [0, 0.1) is 11.3 Å². The SMILES string of the molecule is N#CCc1ccc(NC(=O)COC(=O)c2ccc3nccnc3c2)cc1. The van der Waals surface area contributed by atoms with Crippen LogP contribution in [0.5, 0.6) is 0 Å². The normalized spacial score (nSPS) is 10.1. The number of carbonyl (C=O) groups excluding carboxylic acids is 2. The van der Waals surface area contributed by atoms with Gasteiger partial charge in [0, 0.05) is 18.1 Å². The van der Waals surface area contributed by atoms with E-state index in [-0.39, 0.29) is 0 Å². The third-order valence-electron chi connectivity index (χ3n) is 3.56. The van der Waals surface area contributed by atoms with Gasteiger partial charge in [0.05, 0.1) is 29.1 Å². The van der Waals surface area contributed by atoms with Crippen molar-refractivity contribution in [2.24, 2.45) is 0 Å². The largest absolute Gasteiger partial charge is 0.452 e. The molecule has 7 nitrogen and oxygen atoms in total. The fraction of sp³-hybridized carbons (Fsp3) is 0.105. The molecule has 0 aliphatic heterocycles. The van der Waals surface area contributed by atoms with Crippen molar-refractivity contribution < 1.29 is 14.3 Å². The summed E-state index contributed by atoms with van der Waals surface area (Å²) in [6, 6.07) is 13.7. The number of nitrogens with zero attached hydrogens (tertiary/aromatic N) is 3. The first-order valence-electron chi connectivity index (χ1n) is 7.79. The molecule has 7 heteroatoms. The number of esters is 1. The molecular weight excluding hydrogens is 332 g/mol. The van der Waals surface area contributed by atoms with Crippen LogP contribution < -0.4 is 5.32 Å². The summed E-state index contributed by atoms with van der Waals surface area (Å²) in [7, 11) is 0. The molecule has 1 N–H and O–H groups in total. The molecule has 0 radical (unpaired) electrons. The Morgan fingerprint density at radius 2 is 1.77 bits per heavy atom. The van der Waals surface area contributed by atoms with Crippen LogP contribution in [-0.2, 0) is 16.0 Å². The number of amides is 1. The standard InChI is InChI=1S/C19H14N4O3/c20-8-7-13-1-4-15(5-2-13)23-18(24)12-26-19(25)14-3-6-16-17(11-14)22-10-9-21-16/h1-6,9-11H,7,12H2,(H,23,24). The molecule has 0 saturated carbocycles. The highest BCUT2D eigenvalue weighted by atomic mass is 16.5. The van der Waals surface area contributed by atoms with Crippen molar-refractivity contribution in [1.29, 1.82) is 5.26 Å². The topological polar surface area (TPSA) is 105 Å². The third-order valence-corrected chi connectivity index (χ3v) is 3.56. The molecule has 0 fully saturated rings. The predicted molar refractivity (Wildman–Crippen MR) is 94.2 cm³/mol. The smallest absolute Gasteiger partial charge is 0.338 e.